The second kappa shape index (κ2) is 16.6. The number of aryl methyl sites for hydroxylation is 2. The number of carbonyl (C=O) groups excluding carboxylic acids is 1. The molecule has 3 rings (SSSR count). The summed E-state index contributed by atoms with van der Waals surface area (Å²) in [7, 11) is 0. The number of carbonyl (C=O) groups is 1. The summed E-state index contributed by atoms with van der Waals surface area (Å²) < 4.78 is 0. The van der Waals surface area contributed by atoms with Gasteiger partial charge in [-0.25, -0.2) is 0 Å². The van der Waals surface area contributed by atoms with Gasteiger partial charge >= 0.3 is 0 Å². The Labute approximate surface area is 244 Å². The predicted octanol–water partition coefficient (Wildman–Crippen LogP) is 9.11. The van der Waals surface area contributed by atoms with Crippen LogP contribution < -0.4 is 0 Å². The molecule has 3 nitrogen and oxygen atoms in total. The average molecular weight is 693 g/mol. The molecule has 1 radical (unpaired) electrons. The Morgan fingerprint density at radius 3 is 2.18 bits per heavy atom. The summed E-state index contributed by atoms with van der Waals surface area (Å²) in [5.41, 5.74) is 6.19. The van der Waals surface area contributed by atoms with Crippen LogP contribution in [0.15, 0.2) is 54.4 Å². The number of ketones is 1. The van der Waals surface area contributed by atoms with Crippen LogP contribution in [0.3, 0.4) is 0 Å². The first-order valence-electron chi connectivity index (χ1n) is 14.0. The SMILES string of the molecule is CCC(C)C(=O)/C=C(\O)C(C)CC.CCc1[c-]c(-c2nccc3cc(CC(C)C)ccc23)cc(CC)c1.[Ir]. The molecule has 2 unspecified atom stereocenters. The molecule has 0 bridgehead atoms. The molecule has 0 saturated heterocycles. The van der Waals surface area contributed by atoms with Crippen LogP contribution in [0, 0.1) is 23.8 Å². The number of aliphatic hydroxyl groups is 1. The van der Waals surface area contributed by atoms with Gasteiger partial charge in [0.2, 0.25) is 0 Å². The van der Waals surface area contributed by atoms with Gasteiger partial charge < -0.3 is 10.1 Å². The Balaban J connectivity index is 0.000000444. The maximum atomic E-state index is 11.4. The quantitative estimate of drug-likeness (QED) is 0.131. The molecular weight excluding hydrogens is 647 g/mol. The van der Waals surface area contributed by atoms with Crippen LogP contribution in [-0.4, -0.2) is 15.9 Å². The molecule has 0 aliphatic rings. The van der Waals surface area contributed by atoms with Crippen LogP contribution in [0.4, 0.5) is 0 Å². The number of pyridine rings is 1. The number of rotatable bonds is 10. The Morgan fingerprint density at radius 1 is 0.921 bits per heavy atom. The van der Waals surface area contributed by atoms with Gasteiger partial charge in [-0.2, -0.15) is 0 Å². The first kappa shape index (κ1) is 33.7. The van der Waals surface area contributed by atoms with Crippen molar-refractivity contribution in [3.8, 4) is 11.3 Å². The largest absolute Gasteiger partial charge is 0.512 e. The number of allylic oxidation sites excluding steroid dienone is 2. The van der Waals surface area contributed by atoms with E-state index in [0.29, 0.717) is 5.92 Å². The van der Waals surface area contributed by atoms with E-state index >= 15 is 0 Å². The summed E-state index contributed by atoms with van der Waals surface area (Å²) >= 11 is 0. The van der Waals surface area contributed by atoms with Gasteiger partial charge in [0, 0.05) is 44.2 Å². The molecule has 2 atom stereocenters. The summed E-state index contributed by atoms with van der Waals surface area (Å²) in [5.74, 6) is 1.03. The number of benzene rings is 2. The van der Waals surface area contributed by atoms with Crippen molar-refractivity contribution >= 4 is 16.6 Å². The number of nitrogens with zero attached hydrogens (tertiary/aromatic N) is 1. The second-order valence-electron chi connectivity index (χ2n) is 10.5. The third kappa shape index (κ3) is 9.79. The van der Waals surface area contributed by atoms with E-state index in [1.54, 1.807) is 0 Å². The van der Waals surface area contributed by atoms with E-state index in [4.69, 9.17) is 0 Å². The van der Waals surface area contributed by atoms with Gasteiger partial charge in [0.25, 0.3) is 0 Å². The third-order valence-electron chi connectivity index (χ3n) is 7.01. The van der Waals surface area contributed by atoms with Gasteiger partial charge in [-0.3, -0.25) is 4.79 Å². The van der Waals surface area contributed by atoms with Gasteiger partial charge in [0.15, 0.2) is 5.78 Å². The van der Waals surface area contributed by atoms with Crippen molar-refractivity contribution in [2.24, 2.45) is 17.8 Å². The van der Waals surface area contributed by atoms with E-state index in [-0.39, 0.29) is 43.5 Å². The minimum Gasteiger partial charge on any atom is -0.512 e. The van der Waals surface area contributed by atoms with Crippen LogP contribution in [0.2, 0.25) is 0 Å². The van der Waals surface area contributed by atoms with E-state index in [1.165, 1.54) is 33.5 Å². The Bertz CT molecular complexity index is 1180. The van der Waals surface area contributed by atoms with Crippen LogP contribution >= 0.6 is 0 Å². The minimum atomic E-state index is 0. The zero-order valence-corrected chi connectivity index (χ0v) is 26.9. The van der Waals surface area contributed by atoms with Crippen molar-refractivity contribution in [1.29, 1.82) is 0 Å². The van der Waals surface area contributed by atoms with Crippen LogP contribution in [0.25, 0.3) is 22.0 Å². The normalized spacial score (nSPS) is 12.9. The summed E-state index contributed by atoms with van der Waals surface area (Å²) in [4.78, 5) is 16.1. The van der Waals surface area contributed by atoms with Crippen molar-refractivity contribution in [2.45, 2.75) is 87.5 Å². The molecule has 0 spiro atoms. The van der Waals surface area contributed by atoms with E-state index in [0.717, 1.165) is 43.4 Å². The molecule has 1 heterocycles. The molecule has 1 N–H and O–H groups in total. The molecule has 3 aromatic rings. The fraction of sp³-hybridized carbons (Fsp3) is 0.471. The summed E-state index contributed by atoms with van der Waals surface area (Å²) in [6.07, 6.45) is 8.14. The van der Waals surface area contributed by atoms with Crippen LogP contribution in [0.1, 0.15) is 84.9 Å². The van der Waals surface area contributed by atoms with Crippen molar-refractivity contribution in [1.82, 2.24) is 4.98 Å². The standard InChI is InChI=1S/C23H26N.C11H20O2.Ir/c1-5-17-12-18(6-2)14-21(13-17)23-22-8-7-19(11-16(3)4)15-20(22)9-10-24-23;1-5-8(3)10(12)7-11(13)9(4)6-2;/h7-10,12-13,15-16H,5-6,11H2,1-4H3;7-9,12H,5-6H2,1-4H3;/q-1;;/b;10-7-;. The van der Waals surface area contributed by atoms with Gasteiger partial charge in [-0.15, -0.1) is 34.9 Å². The maximum absolute atomic E-state index is 11.4. The smallest absolute Gasteiger partial charge is 0.161 e. The first-order chi connectivity index (χ1) is 17.6. The Hall–Kier alpha value is -2.29. The van der Waals surface area contributed by atoms with Crippen molar-refractivity contribution in [2.75, 3.05) is 0 Å². The molecule has 4 heteroatoms. The fourth-order valence-corrected chi connectivity index (χ4v) is 4.10. The molecule has 0 saturated carbocycles. The summed E-state index contributed by atoms with van der Waals surface area (Å²) in [6, 6.07) is 17.0. The fourth-order valence-electron chi connectivity index (χ4n) is 4.10. The van der Waals surface area contributed by atoms with Crippen LogP contribution in [-0.2, 0) is 44.2 Å². The molecular formula is C34H46IrNO2-. The molecule has 0 aliphatic heterocycles. The first-order valence-corrected chi connectivity index (χ1v) is 14.0. The van der Waals surface area contributed by atoms with E-state index in [9.17, 15) is 9.90 Å². The number of aromatic nitrogens is 1. The van der Waals surface area contributed by atoms with Gasteiger partial charge in [-0.1, -0.05) is 73.6 Å². The van der Waals surface area contributed by atoms with Crippen molar-refractivity contribution in [3.63, 3.8) is 0 Å². The number of fused-ring (bicyclic) bond motifs is 1. The van der Waals surface area contributed by atoms with E-state index in [2.05, 4.69) is 75.1 Å². The summed E-state index contributed by atoms with van der Waals surface area (Å²) in [5, 5.41) is 12.0. The number of hydrogen-bond donors (Lipinski definition) is 1. The monoisotopic (exact) mass is 693 g/mol. The molecule has 0 amide bonds. The van der Waals surface area contributed by atoms with E-state index in [1.807, 2.05) is 33.9 Å². The minimum absolute atomic E-state index is 0. The zero-order chi connectivity index (χ0) is 27.5. The number of hydrogen-bond acceptors (Lipinski definition) is 3. The van der Waals surface area contributed by atoms with Gasteiger partial charge in [0.05, 0.1) is 5.76 Å². The zero-order valence-electron chi connectivity index (χ0n) is 24.5. The predicted molar refractivity (Wildman–Crippen MR) is 158 cm³/mol. The maximum Gasteiger partial charge on any atom is 0.161 e. The van der Waals surface area contributed by atoms with E-state index < -0.39 is 0 Å². The van der Waals surface area contributed by atoms with Crippen LogP contribution in [0.5, 0.6) is 0 Å². The Kier molecular flexibility index (Phi) is 14.8. The van der Waals surface area contributed by atoms with Crippen molar-refractivity contribution < 1.29 is 30.0 Å². The number of aliphatic hydroxyl groups excluding tert-OH is 1. The topological polar surface area (TPSA) is 50.2 Å². The average Bonchev–Trinajstić information content (AvgIpc) is 2.91. The van der Waals surface area contributed by atoms with Gasteiger partial charge in [-0.05, 0) is 66.1 Å². The molecule has 2 aromatic carbocycles. The van der Waals surface area contributed by atoms with Crippen molar-refractivity contribution in [3.05, 3.63) is 77.2 Å². The second-order valence-corrected chi connectivity index (χ2v) is 10.5. The molecule has 0 fully saturated rings. The van der Waals surface area contributed by atoms with Gasteiger partial charge in [0.1, 0.15) is 0 Å². The molecule has 0 aliphatic carbocycles. The molecule has 38 heavy (non-hydrogen) atoms. The summed E-state index contributed by atoms with van der Waals surface area (Å²) in [6.45, 7) is 16.7. The Morgan fingerprint density at radius 2 is 1.61 bits per heavy atom. The molecule has 209 valence electrons. The third-order valence-corrected chi connectivity index (χ3v) is 7.01. The molecule has 1 aromatic heterocycles.